The second-order valence-electron chi connectivity index (χ2n) is 7.18. The molecule has 1 aromatic rings. The number of nitrogens with one attached hydrogen (secondary N) is 1. The third kappa shape index (κ3) is 4.50. The van der Waals surface area contributed by atoms with Gasteiger partial charge in [0.2, 0.25) is 5.91 Å². The molecular weight excluding hydrogens is 335 g/mol. The van der Waals surface area contributed by atoms with Crippen molar-refractivity contribution in [2.45, 2.75) is 45.8 Å². The highest BCUT2D eigenvalue weighted by atomic mass is 16.7. The van der Waals surface area contributed by atoms with Crippen LogP contribution >= 0.6 is 0 Å². The highest BCUT2D eigenvalue weighted by molar-refractivity contribution is 6.56. The molecule has 140 valence electrons. The average molecular weight is 360 g/mol. The van der Waals surface area contributed by atoms with E-state index >= 15 is 0 Å². The van der Waals surface area contributed by atoms with Gasteiger partial charge in [-0.25, -0.2) is 4.79 Å². The maximum Gasteiger partial charge on any atom is 0.492 e. The number of carbonyl (C=O) groups is 2. The molecule has 0 atom stereocenters. The van der Waals surface area contributed by atoms with Crippen molar-refractivity contribution >= 4 is 25.1 Å². The zero-order chi connectivity index (χ0) is 19.5. The van der Waals surface area contributed by atoms with E-state index in [1.807, 2.05) is 27.7 Å². The molecule has 1 amide bonds. The molecule has 1 aliphatic rings. The molecular formula is C18H25BN2O5. The van der Waals surface area contributed by atoms with Gasteiger partial charge in [0.1, 0.15) is 0 Å². The normalized spacial score (nSPS) is 18.5. The van der Waals surface area contributed by atoms with E-state index in [-0.39, 0.29) is 12.5 Å². The first-order valence-electron chi connectivity index (χ1n) is 8.40. The Morgan fingerprint density at radius 1 is 1.27 bits per heavy atom. The maximum absolute atomic E-state index is 11.7. The fraction of sp³-hybridized carbons (Fsp3) is 0.500. The van der Waals surface area contributed by atoms with Gasteiger partial charge in [0.25, 0.3) is 0 Å². The summed E-state index contributed by atoms with van der Waals surface area (Å²) in [6.45, 7) is 9.52. The summed E-state index contributed by atoms with van der Waals surface area (Å²) in [5, 5.41) is 2.76. The van der Waals surface area contributed by atoms with E-state index in [0.29, 0.717) is 16.7 Å². The zero-order valence-electron chi connectivity index (χ0n) is 16.1. The third-order valence-corrected chi connectivity index (χ3v) is 4.63. The van der Waals surface area contributed by atoms with Gasteiger partial charge in [-0.2, -0.15) is 0 Å². The molecule has 0 unspecified atom stereocenters. The molecule has 26 heavy (non-hydrogen) atoms. The minimum atomic E-state index is -0.629. The topological polar surface area (TPSA) is 86.8 Å². The minimum absolute atomic E-state index is 0.163. The van der Waals surface area contributed by atoms with Crippen molar-refractivity contribution in [2.75, 3.05) is 13.7 Å². The van der Waals surface area contributed by atoms with Gasteiger partial charge in [-0.05, 0) is 51.4 Å². The van der Waals surface area contributed by atoms with Crippen LogP contribution in [0.1, 0.15) is 50.7 Å². The van der Waals surface area contributed by atoms with Crippen LogP contribution in [-0.2, 0) is 18.8 Å². The van der Waals surface area contributed by atoms with Crippen LogP contribution in [0.5, 0.6) is 0 Å². The molecule has 1 aromatic heterocycles. The Balaban J connectivity index is 2.35. The molecule has 1 aliphatic heterocycles. The number of hydrogen-bond donors (Lipinski definition) is 1. The summed E-state index contributed by atoms with van der Waals surface area (Å²) >= 11 is 0. The largest absolute Gasteiger partial charge is 0.492 e. The zero-order valence-corrected chi connectivity index (χ0v) is 16.1. The molecule has 0 saturated carbocycles. The Morgan fingerprint density at radius 2 is 1.88 bits per heavy atom. The molecule has 1 fully saturated rings. The highest BCUT2D eigenvalue weighted by Crippen LogP contribution is 2.38. The molecule has 0 radical (unpaired) electrons. The van der Waals surface area contributed by atoms with Crippen LogP contribution in [0.25, 0.3) is 6.08 Å². The van der Waals surface area contributed by atoms with E-state index < -0.39 is 24.3 Å². The Kier molecular flexibility index (Phi) is 5.88. The van der Waals surface area contributed by atoms with Crippen molar-refractivity contribution in [1.82, 2.24) is 10.3 Å². The Bertz CT molecular complexity index is 714. The van der Waals surface area contributed by atoms with Crippen LogP contribution in [0.2, 0.25) is 0 Å². The van der Waals surface area contributed by atoms with Gasteiger partial charge < -0.3 is 19.4 Å². The minimum Gasteiger partial charge on any atom is -0.465 e. The summed E-state index contributed by atoms with van der Waals surface area (Å²) in [5.41, 5.74) is 0.626. The first-order valence-corrected chi connectivity index (χ1v) is 8.40. The van der Waals surface area contributed by atoms with Crippen LogP contribution in [0.15, 0.2) is 23.8 Å². The smallest absolute Gasteiger partial charge is 0.465 e. The number of carbonyl (C=O) groups excluding carboxylic acids is 2. The Morgan fingerprint density at radius 3 is 2.42 bits per heavy atom. The SMILES string of the molecule is COC(=O)c1ccnc(C=C(CNC(C)=O)B2OC(C)(C)C(C)(C)O2)c1. The standard InChI is InChI=1S/C18H25BN2O5/c1-12(22)21-11-14(19-25-17(2,3)18(4,5)26-19)10-15-9-13(7-8-20-15)16(23)24-6/h7-10H,11H2,1-6H3,(H,21,22). The highest BCUT2D eigenvalue weighted by Gasteiger charge is 2.52. The van der Waals surface area contributed by atoms with Crippen LogP contribution in [-0.4, -0.2) is 48.8 Å². The molecule has 2 heterocycles. The number of aromatic nitrogens is 1. The predicted octanol–water partition coefficient (Wildman–Crippen LogP) is 2.02. The molecule has 8 heteroatoms. The Hall–Kier alpha value is -2.19. The van der Waals surface area contributed by atoms with Crippen LogP contribution in [0, 0.1) is 0 Å². The van der Waals surface area contributed by atoms with Gasteiger partial charge in [-0.3, -0.25) is 9.78 Å². The van der Waals surface area contributed by atoms with Crippen LogP contribution < -0.4 is 5.32 Å². The molecule has 7 nitrogen and oxygen atoms in total. The van der Waals surface area contributed by atoms with Crippen molar-refractivity contribution in [3.63, 3.8) is 0 Å². The number of hydrogen-bond acceptors (Lipinski definition) is 6. The first-order chi connectivity index (χ1) is 12.1. The van der Waals surface area contributed by atoms with Gasteiger partial charge in [-0.15, -0.1) is 0 Å². The molecule has 2 rings (SSSR count). The van der Waals surface area contributed by atoms with Gasteiger partial charge in [0.15, 0.2) is 0 Å². The summed E-state index contributed by atoms with van der Waals surface area (Å²) in [6, 6.07) is 3.19. The first kappa shape index (κ1) is 20.1. The third-order valence-electron chi connectivity index (χ3n) is 4.63. The summed E-state index contributed by atoms with van der Waals surface area (Å²) < 4.78 is 16.9. The van der Waals surface area contributed by atoms with Crippen LogP contribution in [0.4, 0.5) is 0 Å². The lowest BCUT2D eigenvalue weighted by Crippen LogP contribution is -2.41. The van der Waals surface area contributed by atoms with E-state index in [0.717, 1.165) is 0 Å². The summed E-state index contributed by atoms with van der Waals surface area (Å²) in [7, 11) is 0.695. The van der Waals surface area contributed by atoms with Crippen molar-refractivity contribution < 1.29 is 23.6 Å². The number of esters is 1. The van der Waals surface area contributed by atoms with Gasteiger partial charge in [0, 0.05) is 19.7 Å². The van der Waals surface area contributed by atoms with E-state index in [9.17, 15) is 9.59 Å². The summed E-state index contributed by atoms with van der Waals surface area (Å²) in [5.74, 6) is -0.607. The number of rotatable bonds is 5. The monoisotopic (exact) mass is 360 g/mol. The number of amides is 1. The van der Waals surface area contributed by atoms with Crippen LogP contribution in [0.3, 0.4) is 0 Å². The summed E-state index contributed by atoms with van der Waals surface area (Å²) in [6.07, 6.45) is 3.28. The number of ether oxygens (including phenoxy) is 1. The summed E-state index contributed by atoms with van der Waals surface area (Å²) in [4.78, 5) is 27.3. The van der Waals surface area contributed by atoms with E-state index in [1.165, 1.54) is 20.2 Å². The molecule has 0 aliphatic carbocycles. The van der Waals surface area contributed by atoms with Crippen molar-refractivity contribution in [3.8, 4) is 0 Å². The average Bonchev–Trinajstić information content (AvgIpc) is 2.78. The molecule has 0 spiro atoms. The quantitative estimate of drug-likeness (QED) is 0.639. The molecule has 1 N–H and O–H groups in total. The molecule has 0 bridgehead atoms. The fourth-order valence-electron chi connectivity index (χ4n) is 2.39. The van der Waals surface area contributed by atoms with Crippen molar-refractivity contribution in [3.05, 3.63) is 35.1 Å². The lowest BCUT2D eigenvalue weighted by molar-refractivity contribution is -0.118. The second kappa shape index (κ2) is 7.59. The molecule has 0 aromatic carbocycles. The lowest BCUT2D eigenvalue weighted by atomic mass is 9.77. The maximum atomic E-state index is 11.7. The second-order valence-corrected chi connectivity index (χ2v) is 7.18. The van der Waals surface area contributed by atoms with Gasteiger partial charge in [-0.1, -0.05) is 0 Å². The van der Waals surface area contributed by atoms with E-state index in [4.69, 9.17) is 14.0 Å². The van der Waals surface area contributed by atoms with Crippen molar-refractivity contribution in [1.29, 1.82) is 0 Å². The molecule has 1 saturated heterocycles. The van der Waals surface area contributed by atoms with E-state index in [2.05, 4.69) is 10.3 Å². The Labute approximate surface area is 154 Å². The lowest BCUT2D eigenvalue weighted by Gasteiger charge is -2.32. The fourth-order valence-corrected chi connectivity index (χ4v) is 2.39. The number of pyridine rings is 1. The van der Waals surface area contributed by atoms with Crippen molar-refractivity contribution in [2.24, 2.45) is 0 Å². The number of methoxy groups -OCH3 is 1. The van der Waals surface area contributed by atoms with Gasteiger partial charge >= 0.3 is 13.1 Å². The van der Waals surface area contributed by atoms with Gasteiger partial charge in [0.05, 0.1) is 29.6 Å². The predicted molar refractivity (Wildman–Crippen MR) is 98.3 cm³/mol. The van der Waals surface area contributed by atoms with E-state index in [1.54, 1.807) is 18.2 Å². The number of nitrogens with zero attached hydrogens (tertiary/aromatic N) is 1.